The molecule has 0 aromatic carbocycles. The first-order valence-electron chi connectivity index (χ1n) is 33.2. The number of unbranched alkanes of at least 4 members (excludes halogenated alkanes) is 29. The van der Waals surface area contributed by atoms with Gasteiger partial charge in [-0.05, 0) is 43.9 Å². The molecule has 2 fully saturated rings. The number of rotatable bonds is 53. The van der Waals surface area contributed by atoms with Gasteiger partial charge >= 0.3 is 23.9 Å². The summed E-state index contributed by atoms with van der Waals surface area (Å²) in [7, 11) is 2.25. The van der Waals surface area contributed by atoms with Crippen molar-refractivity contribution in [1.82, 2.24) is 9.44 Å². The minimum Gasteiger partial charge on any atom is -0.462 e. The lowest BCUT2D eigenvalue weighted by Gasteiger charge is -2.46. The summed E-state index contributed by atoms with van der Waals surface area (Å²) >= 11 is 1.59. The Morgan fingerprint density at radius 2 is 0.923 bits per heavy atom. The molecule has 0 aliphatic carbocycles. The summed E-state index contributed by atoms with van der Waals surface area (Å²) in [5.74, 6) is -0.174. The lowest BCUT2D eigenvalue weighted by molar-refractivity contribution is -0.957. The van der Waals surface area contributed by atoms with Gasteiger partial charge < -0.3 is 23.7 Å². The Labute approximate surface area is 484 Å². The molecule has 0 radical (unpaired) electrons. The van der Waals surface area contributed by atoms with Crippen LogP contribution >= 0.6 is 12.1 Å². The second kappa shape index (κ2) is 48.6. The van der Waals surface area contributed by atoms with Crippen LogP contribution in [0.15, 0.2) is 0 Å². The quantitative estimate of drug-likeness (QED) is 0.0197. The SMILES string of the molecule is CCCCCCCCCCCCCCCC(=O)OCC(COC(=O)CCCCCCCCCCCCCCC)OC(=O)CC(C)CCCCCCC(C)CC(=O)OC(C)[N+]1(C)CCCC(C2NSNC2COCCCCC)C1. The van der Waals surface area contributed by atoms with Crippen molar-refractivity contribution in [2.75, 3.05) is 46.6 Å². The molecule has 458 valence electrons. The molecule has 78 heavy (non-hydrogen) atoms. The highest BCUT2D eigenvalue weighted by Crippen LogP contribution is 2.32. The fraction of sp³-hybridized carbons (Fsp3) is 0.938. The van der Waals surface area contributed by atoms with E-state index in [1.54, 1.807) is 12.1 Å². The van der Waals surface area contributed by atoms with Gasteiger partial charge in [0.2, 0.25) is 6.23 Å². The number of piperidine rings is 1. The molecule has 2 aliphatic heterocycles. The van der Waals surface area contributed by atoms with Crippen LogP contribution in [0.1, 0.15) is 305 Å². The molecular weight excluding hydrogens is 999 g/mol. The average Bonchev–Trinajstić information content (AvgIpc) is 3.89. The van der Waals surface area contributed by atoms with Gasteiger partial charge in [0.05, 0.1) is 32.8 Å². The zero-order valence-electron chi connectivity index (χ0n) is 51.8. The molecule has 0 aromatic heterocycles. The van der Waals surface area contributed by atoms with Gasteiger partial charge in [0, 0.05) is 63.3 Å². The average molecular weight is 1120 g/mol. The van der Waals surface area contributed by atoms with Crippen LogP contribution in [0.5, 0.6) is 0 Å². The minimum absolute atomic E-state index is 0.0969. The van der Waals surface area contributed by atoms with Gasteiger partial charge in [-0.15, -0.1) is 0 Å². The number of esters is 4. The Morgan fingerprint density at radius 3 is 1.38 bits per heavy atom. The summed E-state index contributed by atoms with van der Waals surface area (Å²) in [4.78, 5) is 52.0. The fourth-order valence-electron chi connectivity index (χ4n) is 11.5. The zero-order chi connectivity index (χ0) is 56.7. The van der Waals surface area contributed by atoms with E-state index in [0.717, 1.165) is 121 Å². The van der Waals surface area contributed by atoms with Crippen molar-refractivity contribution >= 4 is 36.0 Å². The molecular formula is C65H124N3O9S+. The Bertz CT molecular complexity index is 1430. The minimum atomic E-state index is -0.824. The number of carbonyl (C=O) groups excluding carboxylic acids is 4. The lowest BCUT2D eigenvalue weighted by Crippen LogP contribution is -2.61. The van der Waals surface area contributed by atoms with Crippen LogP contribution in [0, 0.1) is 17.8 Å². The van der Waals surface area contributed by atoms with E-state index in [-0.39, 0.29) is 67.6 Å². The van der Waals surface area contributed by atoms with E-state index in [4.69, 9.17) is 23.7 Å². The molecule has 2 aliphatic rings. The molecule has 2 heterocycles. The molecule has 0 aromatic rings. The molecule has 0 spiro atoms. The number of carbonyl (C=O) groups is 4. The van der Waals surface area contributed by atoms with Crippen molar-refractivity contribution in [1.29, 1.82) is 0 Å². The molecule has 2 N–H and O–H groups in total. The van der Waals surface area contributed by atoms with Crippen LogP contribution in [0.2, 0.25) is 0 Å². The van der Waals surface area contributed by atoms with Gasteiger partial charge in [0.15, 0.2) is 6.10 Å². The van der Waals surface area contributed by atoms with Crippen LogP contribution in [-0.4, -0.2) is 99.3 Å². The molecule has 0 saturated carbocycles. The second-order valence-electron chi connectivity index (χ2n) is 24.7. The number of hydrogen-bond acceptors (Lipinski definition) is 12. The number of quaternary nitrogens is 1. The zero-order valence-corrected chi connectivity index (χ0v) is 52.6. The Morgan fingerprint density at radius 1 is 0.513 bits per heavy atom. The van der Waals surface area contributed by atoms with Crippen LogP contribution in [0.4, 0.5) is 0 Å². The summed E-state index contributed by atoms with van der Waals surface area (Å²) in [6.45, 7) is 16.4. The highest BCUT2D eigenvalue weighted by atomic mass is 32.2. The monoisotopic (exact) mass is 1120 g/mol. The first-order chi connectivity index (χ1) is 37.9. The topological polar surface area (TPSA) is 138 Å². The van der Waals surface area contributed by atoms with E-state index in [1.165, 1.54) is 148 Å². The first-order valence-corrected chi connectivity index (χ1v) is 34.0. The van der Waals surface area contributed by atoms with Gasteiger partial charge in [0.1, 0.15) is 13.2 Å². The molecule has 13 heteroatoms. The number of likely N-dealkylation sites (tertiary alicyclic amines) is 1. The molecule has 2 rings (SSSR count). The third-order valence-corrected chi connectivity index (χ3v) is 17.7. The van der Waals surface area contributed by atoms with Crippen molar-refractivity contribution < 1.29 is 47.3 Å². The van der Waals surface area contributed by atoms with Gasteiger partial charge in [-0.1, -0.05) is 240 Å². The fourth-order valence-corrected chi connectivity index (χ4v) is 12.5. The molecule has 7 atom stereocenters. The molecule has 0 bridgehead atoms. The molecule has 2 saturated heterocycles. The predicted octanol–water partition coefficient (Wildman–Crippen LogP) is 16.8. The van der Waals surface area contributed by atoms with Gasteiger partial charge in [-0.2, -0.15) is 0 Å². The largest absolute Gasteiger partial charge is 0.462 e. The Hall–Kier alpha value is -1.93. The molecule has 7 unspecified atom stereocenters. The highest BCUT2D eigenvalue weighted by molar-refractivity contribution is 7.95. The maximum absolute atomic E-state index is 13.2. The second-order valence-corrected chi connectivity index (χ2v) is 25.4. The van der Waals surface area contributed by atoms with E-state index < -0.39 is 6.10 Å². The maximum atomic E-state index is 13.2. The van der Waals surface area contributed by atoms with E-state index in [1.807, 2.05) is 0 Å². The van der Waals surface area contributed by atoms with Crippen LogP contribution < -0.4 is 9.44 Å². The van der Waals surface area contributed by atoms with Crippen molar-refractivity contribution in [3.05, 3.63) is 0 Å². The summed E-state index contributed by atoms with van der Waals surface area (Å²) in [6, 6.07) is 0.611. The van der Waals surface area contributed by atoms with Crippen molar-refractivity contribution in [2.45, 2.75) is 329 Å². The third kappa shape index (κ3) is 38.0. The smallest absolute Gasteiger partial charge is 0.310 e. The molecule has 12 nitrogen and oxygen atoms in total. The van der Waals surface area contributed by atoms with Gasteiger partial charge in [-0.3, -0.25) is 23.7 Å². The van der Waals surface area contributed by atoms with Gasteiger partial charge in [0.25, 0.3) is 0 Å². The number of nitrogens with zero attached hydrogens (tertiary/aromatic N) is 1. The maximum Gasteiger partial charge on any atom is 0.310 e. The van der Waals surface area contributed by atoms with E-state index in [2.05, 4.69) is 58.0 Å². The standard InChI is InChI=1S/C65H124N3O9S/c1-8-11-14-16-18-20-22-24-26-28-30-32-38-45-61(69)74-52-59(53-75-62(70)46-39-33-31-29-27-25-23-21-19-17-15-12-9-2)77-64(72)50-56(5)43-37-35-34-36-42-55(4)49-63(71)76-57(6)68(7)47-41-44-58(51-68)65-60(66-78-67-65)54-73-48-40-13-10-3/h55-60,65-67H,8-54H2,1-7H3/q+1. The molecule has 0 amide bonds. The van der Waals surface area contributed by atoms with Gasteiger partial charge in [-0.25, -0.2) is 9.44 Å². The lowest BCUT2D eigenvalue weighted by atomic mass is 9.86. The first kappa shape index (κ1) is 72.2. The summed E-state index contributed by atoms with van der Waals surface area (Å²) in [5, 5.41) is 0. The van der Waals surface area contributed by atoms with E-state index in [9.17, 15) is 19.2 Å². The number of ether oxygens (including phenoxy) is 5. The van der Waals surface area contributed by atoms with E-state index >= 15 is 0 Å². The number of hydrogen-bond donors (Lipinski definition) is 2. The third-order valence-electron chi connectivity index (χ3n) is 16.9. The van der Waals surface area contributed by atoms with Crippen molar-refractivity contribution in [3.8, 4) is 0 Å². The summed E-state index contributed by atoms with van der Waals surface area (Å²) in [6.07, 6.45) is 44.5. The van der Waals surface area contributed by atoms with Crippen molar-refractivity contribution in [3.63, 3.8) is 0 Å². The Balaban J connectivity index is 1.68. The van der Waals surface area contributed by atoms with Crippen LogP contribution in [0.3, 0.4) is 0 Å². The highest BCUT2D eigenvalue weighted by Gasteiger charge is 2.44. The summed E-state index contributed by atoms with van der Waals surface area (Å²) < 4.78 is 37.2. The Kier molecular flexibility index (Phi) is 45.0. The van der Waals surface area contributed by atoms with Crippen LogP contribution in [0.25, 0.3) is 0 Å². The number of nitrogens with one attached hydrogen (secondary N) is 2. The van der Waals surface area contributed by atoms with E-state index in [0.29, 0.717) is 31.2 Å². The summed E-state index contributed by atoms with van der Waals surface area (Å²) in [5.41, 5.74) is 0. The van der Waals surface area contributed by atoms with Crippen LogP contribution in [-0.2, 0) is 42.9 Å². The van der Waals surface area contributed by atoms with Crippen molar-refractivity contribution in [2.24, 2.45) is 17.8 Å². The normalized spacial score (nSPS) is 19.7. The predicted molar refractivity (Wildman–Crippen MR) is 324 cm³/mol.